The highest BCUT2D eigenvalue weighted by molar-refractivity contribution is 6.00. The van der Waals surface area contributed by atoms with Crippen molar-refractivity contribution in [1.82, 2.24) is 39.2 Å². The Balaban J connectivity index is 1.12. The molecule has 12 heteroatoms. The van der Waals surface area contributed by atoms with Crippen LogP contribution in [-0.4, -0.2) is 65.3 Å². The van der Waals surface area contributed by atoms with Crippen molar-refractivity contribution in [2.24, 2.45) is 7.05 Å². The zero-order valence-electron chi connectivity index (χ0n) is 25.6. The van der Waals surface area contributed by atoms with E-state index in [0.29, 0.717) is 34.0 Å². The van der Waals surface area contributed by atoms with Crippen LogP contribution in [0.5, 0.6) is 5.75 Å². The lowest BCUT2D eigenvalue weighted by molar-refractivity contribution is -0.115. The molecule has 0 bridgehead atoms. The predicted molar refractivity (Wildman–Crippen MR) is 174 cm³/mol. The number of nitrogens with one attached hydrogen (secondary N) is 2. The fourth-order valence-corrected chi connectivity index (χ4v) is 6.38. The van der Waals surface area contributed by atoms with Gasteiger partial charge in [-0.15, -0.1) is 0 Å². The highest BCUT2D eigenvalue weighted by Gasteiger charge is 2.27. The van der Waals surface area contributed by atoms with Crippen LogP contribution in [0, 0.1) is 6.92 Å². The molecule has 1 saturated heterocycles. The quantitative estimate of drug-likeness (QED) is 0.228. The molecule has 1 amide bonds. The number of carbonyl (C=O) groups is 1. The first-order valence-electron chi connectivity index (χ1n) is 15.1. The van der Waals surface area contributed by atoms with Gasteiger partial charge in [0.1, 0.15) is 29.4 Å². The zero-order valence-corrected chi connectivity index (χ0v) is 25.6. The number of hydrogen-bond donors (Lipinski definition) is 3. The Hall–Kier alpha value is -5.23. The van der Waals surface area contributed by atoms with Gasteiger partial charge in [-0.3, -0.25) is 9.69 Å². The Labute approximate surface area is 260 Å². The number of hydrogen-bond acceptors (Lipinski definition) is 8. The Bertz CT molecular complexity index is 2010. The van der Waals surface area contributed by atoms with Crippen molar-refractivity contribution in [3.05, 3.63) is 78.3 Å². The van der Waals surface area contributed by atoms with E-state index in [1.54, 1.807) is 7.11 Å². The fraction of sp³-hybridized carbons (Fsp3) is 0.303. The van der Waals surface area contributed by atoms with Crippen LogP contribution in [0.25, 0.3) is 33.2 Å². The third-order valence-corrected chi connectivity index (χ3v) is 8.71. The molecule has 0 aliphatic carbocycles. The van der Waals surface area contributed by atoms with Crippen molar-refractivity contribution >= 4 is 39.3 Å². The Morgan fingerprint density at radius 1 is 1.11 bits per heavy atom. The number of H-pyrrole nitrogens is 1. The second-order valence-electron chi connectivity index (χ2n) is 11.6. The SMILES string of the molecule is COc1cc(-c2nn(C3CCN(Cc4cnc(C)[nH]4)CC3)c3ncnc(N)c23)ccc1NC(=O)Cc1cc2ccccc2n1C. The lowest BCUT2D eigenvalue weighted by Gasteiger charge is -2.31. The van der Waals surface area contributed by atoms with Crippen LogP contribution in [0.1, 0.15) is 36.1 Å². The van der Waals surface area contributed by atoms with Gasteiger partial charge in [-0.1, -0.05) is 24.3 Å². The van der Waals surface area contributed by atoms with Gasteiger partial charge >= 0.3 is 0 Å². The van der Waals surface area contributed by atoms with Gasteiger partial charge in [-0.25, -0.2) is 19.6 Å². The number of rotatable bonds is 8. The van der Waals surface area contributed by atoms with Gasteiger partial charge in [-0.2, -0.15) is 5.10 Å². The highest BCUT2D eigenvalue weighted by Crippen LogP contribution is 2.37. The average molecular weight is 605 g/mol. The minimum Gasteiger partial charge on any atom is -0.495 e. The molecule has 230 valence electrons. The number of fused-ring (bicyclic) bond motifs is 2. The molecule has 4 N–H and O–H groups in total. The minimum absolute atomic E-state index is 0.131. The van der Waals surface area contributed by atoms with E-state index in [9.17, 15) is 4.79 Å². The number of likely N-dealkylation sites (tertiary alicyclic amines) is 1. The largest absolute Gasteiger partial charge is 0.495 e. The number of anilines is 2. The minimum atomic E-state index is -0.131. The van der Waals surface area contributed by atoms with Crippen LogP contribution in [0.4, 0.5) is 11.5 Å². The van der Waals surface area contributed by atoms with Crippen LogP contribution in [0.2, 0.25) is 0 Å². The molecular formula is C33H36N10O2. The molecule has 1 aliphatic rings. The van der Waals surface area contributed by atoms with Crippen molar-refractivity contribution in [3.8, 4) is 17.0 Å². The highest BCUT2D eigenvalue weighted by atomic mass is 16.5. The molecule has 0 saturated carbocycles. The van der Waals surface area contributed by atoms with Gasteiger partial charge in [-0.05, 0) is 49.4 Å². The number of amides is 1. The van der Waals surface area contributed by atoms with E-state index in [1.807, 2.05) is 77.9 Å². The molecule has 0 unspecified atom stereocenters. The van der Waals surface area contributed by atoms with Crippen LogP contribution in [0.3, 0.4) is 0 Å². The second-order valence-corrected chi connectivity index (χ2v) is 11.6. The molecular weight excluding hydrogens is 568 g/mol. The zero-order chi connectivity index (χ0) is 31.1. The molecule has 2 aromatic carbocycles. The van der Waals surface area contributed by atoms with E-state index >= 15 is 0 Å². The van der Waals surface area contributed by atoms with E-state index in [0.717, 1.165) is 66.2 Å². The first kappa shape index (κ1) is 28.5. The first-order valence-corrected chi connectivity index (χ1v) is 15.1. The second kappa shape index (κ2) is 11.7. The summed E-state index contributed by atoms with van der Waals surface area (Å²) in [5, 5.41) is 9.90. The smallest absolute Gasteiger partial charge is 0.230 e. The van der Waals surface area contributed by atoms with Crippen LogP contribution in [0.15, 0.2) is 61.1 Å². The van der Waals surface area contributed by atoms with Crippen LogP contribution < -0.4 is 15.8 Å². The summed E-state index contributed by atoms with van der Waals surface area (Å²) in [6, 6.07) is 16.0. The normalized spacial score (nSPS) is 14.4. The third-order valence-electron chi connectivity index (χ3n) is 8.71. The number of imidazole rings is 1. The summed E-state index contributed by atoms with van der Waals surface area (Å²) in [6.07, 6.45) is 5.49. The standard InChI is InChI=1S/C33H36N10O2/c1-20-35-17-23(38-20)18-42-12-10-24(11-13-42)43-33-30(32(34)36-19-37-33)31(40-43)22-8-9-26(28(15-22)45-3)39-29(44)16-25-14-21-6-4-5-7-27(21)41(25)2/h4-9,14-15,17,19,24H,10-13,16,18H2,1-3H3,(H,35,38)(H,39,44)(H2,34,36,37). The molecule has 0 radical (unpaired) electrons. The van der Waals surface area contributed by atoms with E-state index in [1.165, 1.54) is 6.33 Å². The summed E-state index contributed by atoms with van der Waals surface area (Å²) in [7, 11) is 3.57. The topological polar surface area (TPSA) is 145 Å². The molecule has 0 spiro atoms. The molecule has 1 aliphatic heterocycles. The number of aromatic amines is 1. The number of nitrogens with two attached hydrogens (primary N) is 1. The first-order chi connectivity index (χ1) is 21.9. The molecule has 45 heavy (non-hydrogen) atoms. The van der Waals surface area contributed by atoms with E-state index < -0.39 is 0 Å². The van der Waals surface area contributed by atoms with E-state index in [4.69, 9.17) is 15.6 Å². The van der Waals surface area contributed by atoms with Crippen molar-refractivity contribution in [2.75, 3.05) is 31.2 Å². The summed E-state index contributed by atoms with van der Waals surface area (Å²) in [6.45, 7) is 4.68. The lowest BCUT2D eigenvalue weighted by Crippen LogP contribution is -2.34. The van der Waals surface area contributed by atoms with Crippen molar-refractivity contribution in [3.63, 3.8) is 0 Å². The maximum Gasteiger partial charge on any atom is 0.230 e. The number of ether oxygens (including phenoxy) is 1. The summed E-state index contributed by atoms with van der Waals surface area (Å²) in [5.41, 5.74) is 12.3. The van der Waals surface area contributed by atoms with Gasteiger partial charge in [0, 0.05) is 55.3 Å². The number of para-hydroxylation sites is 1. The van der Waals surface area contributed by atoms with Gasteiger partial charge in [0.2, 0.25) is 5.91 Å². The number of carbonyl (C=O) groups excluding carboxylic acids is 1. The molecule has 4 aromatic heterocycles. The van der Waals surface area contributed by atoms with Crippen LogP contribution in [-0.2, 0) is 24.8 Å². The van der Waals surface area contributed by atoms with E-state index in [-0.39, 0.29) is 18.4 Å². The van der Waals surface area contributed by atoms with E-state index in [2.05, 4.69) is 30.2 Å². The van der Waals surface area contributed by atoms with Gasteiger partial charge in [0.15, 0.2) is 5.65 Å². The number of nitrogen functional groups attached to an aromatic ring is 1. The summed E-state index contributed by atoms with van der Waals surface area (Å²) >= 11 is 0. The molecule has 7 rings (SSSR count). The molecule has 0 atom stereocenters. The summed E-state index contributed by atoms with van der Waals surface area (Å²) in [5.74, 6) is 1.70. The van der Waals surface area contributed by atoms with Gasteiger partial charge in [0.25, 0.3) is 0 Å². The van der Waals surface area contributed by atoms with Crippen molar-refractivity contribution in [1.29, 1.82) is 0 Å². The third kappa shape index (κ3) is 5.48. The van der Waals surface area contributed by atoms with Crippen molar-refractivity contribution < 1.29 is 9.53 Å². The van der Waals surface area contributed by atoms with Gasteiger partial charge < -0.3 is 25.3 Å². The lowest BCUT2D eigenvalue weighted by atomic mass is 10.0. The fourth-order valence-electron chi connectivity index (χ4n) is 6.38. The number of benzene rings is 2. The number of nitrogens with zero attached hydrogens (tertiary/aromatic N) is 7. The average Bonchev–Trinajstić information content (AvgIpc) is 3.73. The Morgan fingerprint density at radius 3 is 2.69 bits per heavy atom. The Kier molecular flexibility index (Phi) is 7.42. The number of methoxy groups -OCH3 is 1. The summed E-state index contributed by atoms with van der Waals surface area (Å²) < 4.78 is 9.78. The number of aryl methyl sites for hydroxylation is 2. The molecule has 5 heterocycles. The predicted octanol–water partition coefficient (Wildman–Crippen LogP) is 4.63. The maximum absolute atomic E-state index is 13.1. The molecule has 6 aromatic rings. The molecule has 12 nitrogen and oxygen atoms in total. The molecule has 1 fully saturated rings. The number of aromatic nitrogens is 7. The monoisotopic (exact) mass is 604 g/mol. The maximum atomic E-state index is 13.1. The Morgan fingerprint density at radius 2 is 1.93 bits per heavy atom. The number of piperidine rings is 1. The van der Waals surface area contributed by atoms with Crippen molar-refractivity contribution in [2.45, 2.75) is 38.8 Å². The van der Waals surface area contributed by atoms with Crippen LogP contribution >= 0.6 is 0 Å². The van der Waals surface area contributed by atoms with Gasteiger partial charge in [0.05, 0.1) is 30.6 Å². The summed E-state index contributed by atoms with van der Waals surface area (Å²) in [4.78, 5) is 32.1.